The summed E-state index contributed by atoms with van der Waals surface area (Å²) in [5, 5.41) is 8.96. The molecule has 1 aliphatic rings. The third-order valence-electron chi connectivity index (χ3n) is 3.70. The maximum Gasteiger partial charge on any atom is 0.307 e. The van der Waals surface area contributed by atoms with Crippen LogP contribution < -0.4 is 0 Å². The summed E-state index contributed by atoms with van der Waals surface area (Å²) in [6.45, 7) is -0.124. The van der Waals surface area contributed by atoms with Crippen molar-refractivity contribution in [3.63, 3.8) is 0 Å². The molecule has 0 spiro atoms. The average Bonchev–Trinajstić information content (AvgIpc) is 2.86. The molecule has 0 bridgehead atoms. The van der Waals surface area contributed by atoms with Gasteiger partial charge in [-0.05, 0) is 16.9 Å². The van der Waals surface area contributed by atoms with Crippen LogP contribution in [0.4, 0.5) is 13.2 Å². The van der Waals surface area contributed by atoms with Gasteiger partial charge < -0.3 is 5.11 Å². The molecule has 18 heavy (non-hydrogen) atoms. The van der Waals surface area contributed by atoms with E-state index in [2.05, 4.69) is 0 Å². The molecule has 0 saturated heterocycles. The van der Waals surface area contributed by atoms with E-state index in [0.29, 0.717) is 0 Å². The number of carboxylic acid groups (broad SMARTS) is 1. The van der Waals surface area contributed by atoms with Crippen LogP contribution in [-0.4, -0.2) is 36.0 Å². The van der Waals surface area contributed by atoms with E-state index in [-0.39, 0.29) is 5.57 Å². The Morgan fingerprint density at radius 1 is 1.39 bits per heavy atom. The van der Waals surface area contributed by atoms with Crippen molar-refractivity contribution >= 4 is 17.6 Å². The fourth-order valence-electron chi connectivity index (χ4n) is 2.20. The Morgan fingerprint density at radius 2 is 1.89 bits per heavy atom. The van der Waals surface area contributed by atoms with E-state index in [1.165, 1.54) is 6.08 Å². The molecular formula is C12H16ClF3O2. The van der Waals surface area contributed by atoms with Gasteiger partial charge in [-0.15, -0.1) is 11.6 Å². The highest BCUT2D eigenvalue weighted by Gasteiger charge is 2.61. The maximum atomic E-state index is 12.9. The summed E-state index contributed by atoms with van der Waals surface area (Å²) in [6, 6.07) is 0. The van der Waals surface area contributed by atoms with Crippen molar-refractivity contribution in [2.75, 3.05) is 20.0 Å². The van der Waals surface area contributed by atoms with Crippen LogP contribution in [0.15, 0.2) is 11.6 Å². The number of carbonyl (C=O) groups is 1. The third kappa shape index (κ3) is 2.51. The van der Waals surface area contributed by atoms with Crippen molar-refractivity contribution in [3.8, 4) is 0 Å². The number of hydrogen-bond donors (Lipinski definition) is 1. The largest absolute Gasteiger partial charge is 0.481 e. The molecule has 2 unspecified atom stereocenters. The molecule has 2 atom stereocenters. The molecule has 1 saturated carbocycles. The summed E-state index contributed by atoms with van der Waals surface area (Å²) in [6.07, 6.45) is 1.28. The molecule has 0 heterocycles. The van der Waals surface area contributed by atoms with E-state index < -0.39 is 48.1 Å². The van der Waals surface area contributed by atoms with Crippen LogP contribution in [0.3, 0.4) is 0 Å². The quantitative estimate of drug-likeness (QED) is 0.601. The minimum absolute atomic E-state index is 0.212. The fourth-order valence-corrected chi connectivity index (χ4v) is 2.31. The standard InChI is InChI=1S/C12H16ClF3O2/c1-11(2)8(9(11)10(17)18)3-7(4-14)12(13,5-15)6-16/h3,8-9H,4-6H2,1-2H3,(H,17,18). The highest BCUT2D eigenvalue weighted by Crippen LogP contribution is 2.59. The molecule has 0 aromatic carbocycles. The van der Waals surface area contributed by atoms with Crippen LogP contribution in [0.5, 0.6) is 0 Å². The maximum absolute atomic E-state index is 12.9. The Bertz CT molecular complexity index is 364. The number of hydrogen-bond acceptors (Lipinski definition) is 1. The summed E-state index contributed by atoms with van der Waals surface area (Å²) in [5.41, 5.74) is -0.757. The number of rotatable bonds is 6. The molecular weight excluding hydrogens is 269 g/mol. The first-order chi connectivity index (χ1) is 8.24. The third-order valence-corrected chi connectivity index (χ3v) is 4.15. The van der Waals surface area contributed by atoms with Gasteiger partial charge in [0.05, 0.1) is 5.92 Å². The Labute approximate surface area is 109 Å². The number of halogens is 4. The van der Waals surface area contributed by atoms with Crippen molar-refractivity contribution in [3.05, 3.63) is 11.6 Å². The van der Waals surface area contributed by atoms with Crippen LogP contribution in [0, 0.1) is 17.3 Å². The molecule has 1 N–H and O–H groups in total. The van der Waals surface area contributed by atoms with Gasteiger partial charge in [0.15, 0.2) is 0 Å². The first-order valence-electron chi connectivity index (χ1n) is 5.55. The van der Waals surface area contributed by atoms with Crippen molar-refractivity contribution in [2.45, 2.75) is 18.7 Å². The van der Waals surface area contributed by atoms with Crippen LogP contribution in [0.2, 0.25) is 0 Å². The molecule has 0 amide bonds. The Hall–Kier alpha value is -0.710. The van der Waals surface area contributed by atoms with E-state index in [0.717, 1.165) is 0 Å². The van der Waals surface area contributed by atoms with E-state index in [9.17, 15) is 18.0 Å². The first-order valence-corrected chi connectivity index (χ1v) is 5.93. The van der Waals surface area contributed by atoms with Crippen molar-refractivity contribution in [1.29, 1.82) is 0 Å². The van der Waals surface area contributed by atoms with Gasteiger partial charge in [0.2, 0.25) is 0 Å². The lowest BCUT2D eigenvalue weighted by molar-refractivity contribution is -0.139. The van der Waals surface area contributed by atoms with Crippen molar-refractivity contribution < 1.29 is 23.1 Å². The van der Waals surface area contributed by atoms with Gasteiger partial charge in [0.25, 0.3) is 0 Å². The smallest absolute Gasteiger partial charge is 0.307 e. The van der Waals surface area contributed by atoms with Gasteiger partial charge in [0.1, 0.15) is 24.9 Å². The van der Waals surface area contributed by atoms with Gasteiger partial charge in [-0.25, -0.2) is 13.2 Å². The summed E-state index contributed by atoms with van der Waals surface area (Å²) in [5.74, 6) is -2.11. The molecule has 0 aromatic rings. The molecule has 0 aliphatic heterocycles. The van der Waals surface area contributed by atoms with Crippen LogP contribution in [0.25, 0.3) is 0 Å². The van der Waals surface area contributed by atoms with Gasteiger partial charge >= 0.3 is 5.97 Å². The van der Waals surface area contributed by atoms with E-state index in [4.69, 9.17) is 16.7 Å². The zero-order valence-corrected chi connectivity index (χ0v) is 11.0. The lowest BCUT2D eigenvalue weighted by atomic mass is 9.98. The summed E-state index contributed by atoms with van der Waals surface area (Å²) in [4.78, 5) is 8.94. The van der Waals surface area contributed by atoms with Gasteiger partial charge in [-0.3, -0.25) is 4.79 Å². The van der Waals surface area contributed by atoms with Crippen LogP contribution in [-0.2, 0) is 4.79 Å². The molecule has 104 valence electrons. The molecule has 1 aliphatic carbocycles. The number of carboxylic acids is 1. The topological polar surface area (TPSA) is 37.3 Å². The zero-order valence-electron chi connectivity index (χ0n) is 10.2. The van der Waals surface area contributed by atoms with Crippen molar-refractivity contribution in [2.24, 2.45) is 17.3 Å². The molecule has 0 aromatic heterocycles. The Morgan fingerprint density at radius 3 is 2.17 bits per heavy atom. The van der Waals surface area contributed by atoms with Gasteiger partial charge in [0, 0.05) is 0 Å². The molecule has 6 heteroatoms. The average molecular weight is 285 g/mol. The van der Waals surface area contributed by atoms with Crippen molar-refractivity contribution in [1.82, 2.24) is 0 Å². The Kier molecular flexibility index (Phi) is 4.36. The highest BCUT2D eigenvalue weighted by atomic mass is 35.5. The van der Waals surface area contributed by atoms with E-state index in [1.807, 2.05) is 0 Å². The molecule has 1 rings (SSSR count). The summed E-state index contributed by atoms with van der Waals surface area (Å²) in [7, 11) is 0. The lowest BCUT2D eigenvalue weighted by Crippen LogP contribution is -2.31. The monoisotopic (exact) mass is 284 g/mol. The predicted octanol–water partition coefficient (Wildman–Crippen LogP) is 3.16. The Balaban J connectivity index is 2.98. The van der Waals surface area contributed by atoms with Gasteiger partial charge in [-0.2, -0.15) is 0 Å². The SMILES string of the molecule is CC1(C)C(C=C(CF)C(Cl)(CF)CF)C1C(=O)O. The minimum Gasteiger partial charge on any atom is -0.481 e. The van der Waals surface area contributed by atoms with Crippen LogP contribution >= 0.6 is 11.6 Å². The molecule has 1 fully saturated rings. The first kappa shape index (κ1) is 15.3. The van der Waals surface area contributed by atoms with E-state index >= 15 is 0 Å². The minimum atomic E-state index is -2.00. The van der Waals surface area contributed by atoms with Crippen LogP contribution in [0.1, 0.15) is 13.8 Å². The summed E-state index contributed by atoms with van der Waals surface area (Å²) >= 11 is 5.66. The van der Waals surface area contributed by atoms with Gasteiger partial charge in [-0.1, -0.05) is 19.9 Å². The highest BCUT2D eigenvalue weighted by molar-refractivity contribution is 6.26. The molecule has 2 nitrogen and oxygen atoms in total. The molecule has 0 radical (unpaired) electrons. The van der Waals surface area contributed by atoms with E-state index in [1.54, 1.807) is 13.8 Å². The number of aliphatic carboxylic acids is 1. The number of alkyl halides is 4. The second-order valence-electron chi connectivity index (χ2n) is 5.22. The zero-order chi connectivity index (χ0) is 14.1. The second-order valence-corrected chi connectivity index (χ2v) is 5.94. The normalized spacial score (nSPS) is 27.1. The number of allylic oxidation sites excluding steroid dienone is 2. The lowest BCUT2D eigenvalue weighted by Gasteiger charge is -2.22. The fraction of sp³-hybridized carbons (Fsp3) is 0.750. The second kappa shape index (κ2) is 5.11. The predicted molar refractivity (Wildman–Crippen MR) is 63.0 cm³/mol. The summed E-state index contributed by atoms with van der Waals surface area (Å²) < 4.78 is 38.3.